The maximum atomic E-state index is 12.9. The molecule has 1 aliphatic rings. The summed E-state index contributed by atoms with van der Waals surface area (Å²) in [4.78, 5) is 49.6. The van der Waals surface area contributed by atoms with Crippen LogP contribution in [0, 0.1) is 0 Å². The van der Waals surface area contributed by atoms with Gasteiger partial charge in [0.25, 0.3) is 0 Å². The third-order valence-corrected chi connectivity index (χ3v) is 4.97. The number of likely N-dealkylation sites (tertiary alicyclic amines) is 1. The van der Waals surface area contributed by atoms with Crippen molar-refractivity contribution in [2.75, 3.05) is 25.2 Å². The average molecular weight is 404 g/mol. The summed E-state index contributed by atoms with van der Waals surface area (Å²) in [5.41, 5.74) is 5.49. The van der Waals surface area contributed by atoms with Gasteiger partial charge in [-0.05, 0) is 38.2 Å². The van der Waals surface area contributed by atoms with Gasteiger partial charge in [0, 0.05) is 6.54 Å². The van der Waals surface area contributed by atoms with E-state index in [1.165, 1.54) is 23.6 Å². The molecule has 154 valence electrons. The Labute approximate surface area is 162 Å². The number of carbonyl (C=O) groups excluding carboxylic acids is 3. The number of hydrogen-bond acceptors (Lipinski definition) is 7. The molecule has 0 saturated carbocycles. The summed E-state index contributed by atoms with van der Waals surface area (Å²) in [6.45, 7) is 1.15. The molecule has 0 radical (unpaired) electrons. The van der Waals surface area contributed by atoms with E-state index < -0.39 is 54.5 Å². The Morgan fingerprint density at radius 3 is 2.52 bits per heavy atom. The first kappa shape index (κ1) is 23.2. The highest BCUT2D eigenvalue weighted by molar-refractivity contribution is 7.98. The Kier molecular flexibility index (Phi) is 9.53. The second-order valence-electron chi connectivity index (χ2n) is 6.39. The number of aliphatic carboxylic acids is 1. The molecule has 1 aliphatic heterocycles. The minimum Gasteiger partial charge on any atom is -0.480 e. The van der Waals surface area contributed by atoms with Gasteiger partial charge >= 0.3 is 5.97 Å². The van der Waals surface area contributed by atoms with Crippen LogP contribution in [0.1, 0.15) is 26.2 Å². The van der Waals surface area contributed by atoms with E-state index in [0.717, 1.165) is 0 Å². The molecule has 4 unspecified atom stereocenters. The Balaban J connectivity index is 2.86. The van der Waals surface area contributed by atoms with E-state index in [9.17, 15) is 19.2 Å². The fourth-order valence-electron chi connectivity index (χ4n) is 2.73. The van der Waals surface area contributed by atoms with Crippen molar-refractivity contribution >= 4 is 35.5 Å². The van der Waals surface area contributed by atoms with Gasteiger partial charge in [-0.15, -0.1) is 0 Å². The van der Waals surface area contributed by atoms with Gasteiger partial charge in [0.2, 0.25) is 17.7 Å². The second-order valence-corrected chi connectivity index (χ2v) is 7.38. The van der Waals surface area contributed by atoms with Crippen LogP contribution in [0.5, 0.6) is 0 Å². The minimum absolute atomic E-state index is 0.343. The van der Waals surface area contributed by atoms with Crippen LogP contribution >= 0.6 is 11.8 Å². The van der Waals surface area contributed by atoms with Gasteiger partial charge in [0.1, 0.15) is 24.2 Å². The summed E-state index contributed by atoms with van der Waals surface area (Å²) < 4.78 is 0. The number of carboxylic acid groups (broad SMARTS) is 1. The lowest BCUT2D eigenvalue weighted by Gasteiger charge is -2.29. The highest BCUT2D eigenvalue weighted by Crippen LogP contribution is 2.20. The molecule has 1 fully saturated rings. The van der Waals surface area contributed by atoms with Crippen LogP contribution in [-0.4, -0.2) is 88.1 Å². The van der Waals surface area contributed by atoms with Gasteiger partial charge in [-0.3, -0.25) is 19.2 Å². The summed E-state index contributed by atoms with van der Waals surface area (Å²) in [6.07, 6.45) is 3.23. The number of nitrogens with one attached hydrogen (secondary N) is 2. The number of hydrogen-bond donors (Lipinski definition) is 5. The number of aliphatic hydroxyl groups is 1. The number of nitrogens with zero attached hydrogens (tertiary/aromatic N) is 1. The molecule has 0 spiro atoms. The molecule has 27 heavy (non-hydrogen) atoms. The molecule has 3 amide bonds. The minimum atomic E-state index is -1.16. The van der Waals surface area contributed by atoms with Crippen LogP contribution in [0.3, 0.4) is 0 Å². The van der Waals surface area contributed by atoms with Gasteiger partial charge in [0.15, 0.2) is 0 Å². The van der Waals surface area contributed by atoms with Crippen molar-refractivity contribution in [3.63, 3.8) is 0 Å². The van der Waals surface area contributed by atoms with Crippen LogP contribution < -0.4 is 16.4 Å². The first-order chi connectivity index (χ1) is 12.7. The van der Waals surface area contributed by atoms with Crippen LogP contribution in [0.25, 0.3) is 0 Å². The van der Waals surface area contributed by atoms with Gasteiger partial charge in [0.05, 0.1) is 6.61 Å². The molecule has 11 heteroatoms. The predicted octanol–water partition coefficient (Wildman–Crippen LogP) is -1.88. The number of thioether (sulfide) groups is 1. The largest absolute Gasteiger partial charge is 0.480 e. The molecule has 6 N–H and O–H groups in total. The summed E-state index contributed by atoms with van der Waals surface area (Å²) in [7, 11) is 0. The number of nitrogens with two attached hydrogens (primary N) is 1. The van der Waals surface area contributed by atoms with Crippen LogP contribution in [-0.2, 0) is 19.2 Å². The molecule has 0 aromatic rings. The monoisotopic (exact) mass is 404 g/mol. The van der Waals surface area contributed by atoms with Crippen molar-refractivity contribution < 1.29 is 29.4 Å². The second kappa shape index (κ2) is 11.1. The van der Waals surface area contributed by atoms with Gasteiger partial charge < -0.3 is 31.5 Å². The fraction of sp³-hybridized carbons (Fsp3) is 0.750. The molecule has 0 aliphatic carbocycles. The summed E-state index contributed by atoms with van der Waals surface area (Å²) >= 11 is 1.50. The van der Waals surface area contributed by atoms with Gasteiger partial charge in [-0.1, -0.05) is 0 Å². The molecule has 0 bridgehead atoms. The lowest BCUT2D eigenvalue weighted by Crippen LogP contribution is -2.57. The molecular weight excluding hydrogens is 376 g/mol. The third kappa shape index (κ3) is 6.67. The van der Waals surface area contributed by atoms with Crippen molar-refractivity contribution in [1.82, 2.24) is 15.5 Å². The highest BCUT2D eigenvalue weighted by atomic mass is 32.2. The van der Waals surface area contributed by atoms with Crippen molar-refractivity contribution in [2.45, 2.75) is 50.4 Å². The fourth-order valence-corrected chi connectivity index (χ4v) is 3.20. The number of rotatable bonds is 10. The van der Waals surface area contributed by atoms with E-state index in [2.05, 4.69) is 10.6 Å². The van der Waals surface area contributed by atoms with E-state index in [1.54, 1.807) is 0 Å². The zero-order valence-corrected chi connectivity index (χ0v) is 16.3. The van der Waals surface area contributed by atoms with Crippen molar-refractivity contribution in [3.8, 4) is 0 Å². The molecule has 4 atom stereocenters. The molecule has 1 saturated heterocycles. The Morgan fingerprint density at radius 1 is 1.30 bits per heavy atom. The summed E-state index contributed by atoms with van der Waals surface area (Å²) in [6, 6.07) is -3.85. The molecular formula is C16H28N4O6S. The molecule has 0 aromatic carbocycles. The Bertz CT molecular complexity index is 561. The highest BCUT2D eigenvalue weighted by Gasteiger charge is 2.38. The van der Waals surface area contributed by atoms with Crippen molar-refractivity contribution in [1.29, 1.82) is 0 Å². The van der Waals surface area contributed by atoms with E-state index >= 15 is 0 Å². The van der Waals surface area contributed by atoms with Crippen LogP contribution in [0.15, 0.2) is 0 Å². The summed E-state index contributed by atoms with van der Waals surface area (Å²) in [5.74, 6) is -2.15. The third-order valence-electron chi connectivity index (χ3n) is 4.33. The normalized spacial score (nSPS) is 19.9. The topological polar surface area (TPSA) is 162 Å². The van der Waals surface area contributed by atoms with Crippen molar-refractivity contribution in [3.05, 3.63) is 0 Å². The zero-order chi connectivity index (χ0) is 20.6. The number of amides is 3. The van der Waals surface area contributed by atoms with Crippen molar-refractivity contribution in [2.24, 2.45) is 5.73 Å². The predicted molar refractivity (Wildman–Crippen MR) is 100.0 cm³/mol. The number of carbonyl (C=O) groups is 4. The maximum Gasteiger partial charge on any atom is 0.325 e. The number of carboxylic acids is 1. The maximum absolute atomic E-state index is 12.9. The van der Waals surface area contributed by atoms with E-state index in [-0.39, 0.29) is 0 Å². The first-order valence-electron chi connectivity index (χ1n) is 8.72. The Hall–Kier alpha value is -1.85. The number of aliphatic hydroxyl groups excluding tert-OH is 1. The van der Waals surface area contributed by atoms with E-state index in [1.807, 2.05) is 6.26 Å². The van der Waals surface area contributed by atoms with Crippen LogP contribution in [0.4, 0.5) is 0 Å². The van der Waals surface area contributed by atoms with Gasteiger partial charge in [-0.2, -0.15) is 11.8 Å². The molecule has 1 rings (SSSR count). The first-order valence-corrected chi connectivity index (χ1v) is 10.1. The summed E-state index contributed by atoms with van der Waals surface area (Å²) in [5, 5.41) is 22.9. The Morgan fingerprint density at radius 2 is 1.96 bits per heavy atom. The zero-order valence-electron chi connectivity index (χ0n) is 15.5. The smallest absolute Gasteiger partial charge is 0.325 e. The van der Waals surface area contributed by atoms with E-state index in [4.69, 9.17) is 15.9 Å². The average Bonchev–Trinajstić information content (AvgIpc) is 3.13. The van der Waals surface area contributed by atoms with Gasteiger partial charge in [-0.25, -0.2) is 0 Å². The molecule has 10 nitrogen and oxygen atoms in total. The molecule has 1 heterocycles. The lowest BCUT2D eigenvalue weighted by atomic mass is 10.1. The van der Waals surface area contributed by atoms with E-state index in [0.29, 0.717) is 31.6 Å². The molecule has 0 aromatic heterocycles. The SMILES string of the molecule is CSCCC(NC(=O)C(N)CO)C(=O)N1CCCC1C(=O)NC(C)C(=O)O. The lowest BCUT2D eigenvalue weighted by molar-refractivity contribution is -0.144. The van der Waals surface area contributed by atoms with Crippen LogP contribution in [0.2, 0.25) is 0 Å². The quantitative estimate of drug-likeness (QED) is 0.283. The standard InChI is InChI=1S/C16H28N4O6S/c1-9(16(25)26)18-14(23)12-4-3-6-20(12)15(24)11(5-7-27-2)19-13(22)10(17)8-21/h9-12,21H,3-8,17H2,1-2H3,(H,18,23)(H,19,22)(H,25,26).